The first-order valence-electron chi connectivity index (χ1n) is 5.92. The lowest BCUT2D eigenvalue weighted by Crippen LogP contribution is -2.14. The molecule has 104 valence electrons. The molecule has 0 saturated carbocycles. The Hall–Kier alpha value is -1.88. The maximum atomic E-state index is 13.5. The molecule has 0 aliphatic carbocycles. The van der Waals surface area contributed by atoms with E-state index in [0.29, 0.717) is 5.56 Å². The molecule has 0 saturated heterocycles. The van der Waals surface area contributed by atoms with Crippen molar-refractivity contribution in [1.82, 2.24) is 0 Å². The van der Waals surface area contributed by atoms with Crippen molar-refractivity contribution in [1.29, 1.82) is 0 Å². The van der Waals surface area contributed by atoms with Gasteiger partial charge in [0.05, 0.1) is 5.69 Å². The van der Waals surface area contributed by atoms with Crippen LogP contribution in [0.5, 0.6) is 0 Å². The van der Waals surface area contributed by atoms with E-state index in [9.17, 15) is 13.6 Å². The Morgan fingerprint density at radius 2 is 1.90 bits per heavy atom. The number of aryl methyl sites for hydroxylation is 1. The van der Waals surface area contributed by atoms with Gasteiger partial charge in [0.25, 0.3) is 5.91 Å². The number of hydrogen-bond acceptors (Lipinski definition) is 2. The molecule has 0 radical (unpaired) electrons. The summed E-state index contributed by atoms with van der Waals surface area (Å²) < 4.78 is 26.3. The Bertz CT molecular complexity index is 658. The van der Waals surface area contributed by atoms with Gasteiger partial charge in [-0.15, -0.1) is 11.8 Å². The predicted molar refractivity (Wildman–Crippen MR) is 77.3 cm³/mol. The molecule has 0 atom stereocenters. The van der Waals surface area contributed by atoms with Crippen LogP contribution in [0.4, 0.5) is 14.5 Å². The molecule has 0 bridgehead atoms. The van der Waals surface area contributed by atoms with E-state index < -0.39 is 17.5 Å². The van der Waals surface area contributed by atoms with E-state index >= 15 is 0 Å². The number of amides is 1. The van der Waals surface area contributed by atoms with Gasteiger partial charge in [0, 0.05) is 16.5 Å². The lowest BCUT2D eigenvalue weighted by molar-refractivity contribution is 0.102. The van der Waals surface area contributed by atoms with Crippen molar-refractivity contribution in [3.63, 3.8) is 0 Å². The van der Waals surface area contributed by atoms with Gasteiger partial charge in [-0.25, -0.2) is 8.78 Å². The fourth-order valence-corrected chi connectivity index (χ4v) is 2.19. The number of anilines is 1. The number of carbonyl (C=O) groups excluding carboxylic acids is 1. The monoisotopic (exact) mass is 293 g/mol. The van der Waals surface area contributed by atoms with Gasteiger partial charge in [0.2, 0.25) is 0 Å². The number of carbonyl (C=O) groups is 1. The standard InChI is InChI=1S/C15H13F2NOS/c1-9-3-5-11(20-2)8-12(9)15(19)18-14-6-4-10(16)7-13(14)17/h3-8H,1-2H3,(H,18,19). The van der Waals surface area contributed by atoms with Crippen LogP contribution in [-0.4, -0.2) is 12.2 Å². The summed E-state index contributed by atoms with van der Waals surface area (Å²) in [5, 5.41) is 2.46. The third kappa shape index (κ3) is 3.17. The Kier molecular flexibility index (Phi) is 4.39. The van der Waals surface area contributed by atoms with Gasteiger partial charge in [0.15, 0.2) is 0 Å². The average Bonchev–Trinajstić information content (AvgIpc) is 2.42. The molecule has 0 fully saturated rings. The zero-order valence-electron chi connectivity index (χ0n) is 11.0. The summed E-state index contributed by atoms with van der Waals surface area (Å²) in [4.78, 5) is 13.1. The second-order valence-corrected chi connectivity index (χ2v) is 5.14. The first kappa shape index (κ1) is 14.5. The van der Waals surface area contributed by atoms with E-state index in [0.717, 1.165) is 22.6 Å². The van der Waals surface area contributed by atoms with E-state index in [4.69, 9.17) is 0 Å². The Morgan fingerprint density at radius 3 is 2.55 bits per heavy atom. The van der Waals surface area contributed by atoms with Gasteiger partial charge in [0.1, 0.15) is 11.6 Å². The van der Waals surface area contributed by atoms with Crippen molar-refractivity contribution < 1.29 is 13.6 Å². The summed E-state index contributed by atoms with van der Waals surface area (Å²) in [5.74, 6) is -1.89. The van der Waals surface area contributed by atoms with Gasteiger partial charge < -0.3 is 5.32 Å². The van der Waals surface area contributed by atoms with E-state index in [1.807, 2.05) is 18.4 Å². The third-order valence-corrected chi connectivity index (χ3v) is 3.59. The molecule has 1 amide bonds. The molecule has 5 heteroatoms. The van der Waals surface area contributed by atoms with Gasteiger partial charge in [-0.2, -0.15) is 0 Å². The van der Waals surface area contributed by atoms with Crippen molar-refractivity contribution in [2.24, 2.45) is 0 Å². The van der Waals surface area contributed by atoms with Gasteiger partial charge >= 0.3 is 0 Å². The molecule has 2 nitrogen and oxygen atoms in total. The van der Waals surface area contributed by atoms with Crippen molar-refractivity contribution in [3.05, 3.63) is 59.2 Å². The minimum atomic E-state index is -0.794. The molecule has 0 aliphatic heterocycles. The first-order valence-corrected chi connectivity index (χ1v) is 7.15. The summed E-state index contributed by atoms with van der Waals surface area (Å²) >= 11 is 1.52. The zero-order valence-corrected chi connectivity index (χ0v) is 11.9. The molecule has 1 N–H and O–H groups in total. The van der Waals surface area contributed by atoms with E-state index in [-0.39, 0.29) is 5.69 Å². The smallest absolute Gasteiger partial charge is 0.256 e. The quantitative estimate of drug-likeness (QED) is 0.857. The summed E-state index contributed by atoms with van der Waals surface area (Å²) in [5.41, 5.74) is 1.23. The summed E-state index contributed by atoms with van der Waals surface area (Å²) in [6.45, 7) is 1.81. The fourth-order valence-electron chi connectivity index (χ4n) is 1.75. The second-order valence-electron chi connectivity index (χ2n) is 4.26. The third-order valence-electron chi connectivity index (χ3n) is 2.87. The molecule has 0 aromatic heterocycles. The topological polar surface area (TPSA) is 29.1 Å². The molecule has 0 aliphatic rings. The highest BCUT2D eigenvalue weighted by atomic mass is 32.2. The number of rotatable bonds is 3. The zero-order chi connectivity index (χ0) is 14.7. The minimum Gasteiger partial charge on any atom is -0.319 e. The molecule has 2 rings (SSSR count). The van der Waals surface area contributed by atoms with Crippen molar-refractivity contribution in [2.45, 2.75) is 11.8 Å². The van der Waals surface area contributed by atoms with Crippen LogP contribution in [-0.2, 0) is 0 Å². The Labute approximate surface area is 120 Å². The Balaban J connectivity index is 2.28. The molecule has 0 spiro atoms. The maximum absolute atomic E-state index is 13.5. The largest absolute Gasteiger partial charge is 0.319 e. The highest BCUT2D eigenvalue weighted by molar-refractivity contribution is 7.98. The van der Waals surface area contributed by atoms with E-state index in [1.165, 1.54) is 17.8 Å². The van der Waals surface area contributed by atoms with Crippen LogP contribution in [0, 0.1) is 18.6 Å². The highest BCUT2D eigenvalue weighted by Gasteiger charge is 2.12. The van der Waals surface area contributed by atoms with E-state index in [2.05, 4.69) is 5.32 Å². The van der Waals surface area contributed by atoms with Crippen LogP contribution in [0.1, 0.15) is 15.9 Å². The number of thioether (sulfide) groups is 1. The van der Waals surface area contributed by atoms with Crippen LogP contribution in [0.3, 0.4) is 0 Å². The normalized spacial score (nSPS) is 10.4. The number of nitrogens with one attached hydrogen (secondary N) is 1. The minimum absolute atomic E-state index is 0.0367. The van der Waals surface area contributed by atoms with Gasteiger partial charge in [-0.05, 0) is 43.0 Å². The SMILES string of the molecule is CSc1ccc(C)c(C(=O)Nc2ccc(F)cc2F)c1. The van der Waals surface area contributed by atoms with Crippen LogP contribution >= 0.6 is 11.8 Å². The summed E-state index contributed by atoms with van der Waals surface area (Å²) in [6, 6.07) is 8.54. The molecule has 2 aromatic carbocycles. The maximum Gasteiger partial charge on any atom is 0.256 e. The molecule has 20 heavy (non-hydrogen) atoms. The molecule has 0 unspecified atom stereocenters. The number of halogens is 2. The highest BCUT2D eigenvalue weighted by Crippen LogP contribution is 2.21. The number of hydrogen-bond donors (Lipinski definition) is 1. The van der Waals surface area contributed by atoms with Crippen LogP contribution in [0.2, 0.25) is 0 Å². The van der Waals surface area contributed by atoms with Crippen molar-refractivity contribution in [3.8, 4) is 0 Å². The van der Waals surface area contributed by atoms with Crippen LogP contribution in [0.25, 0.3) is 0 Å². The van der Waals surface area contributed by atoms with Gasteiger partial charge in [-0.1, -0.05) is 6.07 Å². The molecule has 0 heterocycles. The van der Waals surface area contributed by atoms with Crippen molar-refractivity contribution >= 4 is 23.4 Å². The Morgan fingerprint density at radius 1 is 1.15 bits per heavy atom. The summed E-state index contributed by atoms with van der Waals surface area (Å²) in [7, 11) is 0. The second kappa shape index (κ2) is 6.05. The predicted octanol–water partition coefficient (Wildman–Crippen LogP) is 4.25. The lowest BCUT2D eigenvalue weighted by Gasteiger charge is -2.09. The first-order chi connectivity index (χ1) is 9.51. The van der Waals surface area contributed by atoms with Crippen molar-refractivity contribution in [2.75, 3.05) is 11.6 Å². The molecular formula is C15H13F2NOS. The fraction of sp³-hybridized carbons (Fsp3) is 0.133. The number of benzene rings is 2. The molecular weight excluding hydrogens is 280 g/mol. The summed E-state index contributed by atoms with van der Waals surface area (Å²) in [6.07, 6.45) is 1.91. The van der Waals surface area contributed by atoms with Gasteiger partial charge in [-0.3, -0.25) is 4.79 Å². The van der Waals surface area contributed by atoms with E-state index in [1.54, 1.807) is 13.0 Å². The van der Waals surface area contributed by atoms with Crippen LogP contribution < -0.4 is 5.32 Å². The average molecular weight is 293 g/mol. The molecule has 2 aromatic rings. The lowest BCUT2D eigenvalue weighted by atomic mass is 10.1. The van der Waals surface area contributed by atoms with Crippen LogP contribution in [0.15, 0.2) is 41.3 Å².